The maximum atomic E-state index is 14.7. The minimum absolute atomic E-state index is 0.0608. The number of aromatic nitrogens is 2. The Labute approximate surface area is 374 Å². The van der Waals surface area contributed by atoms with E-state index in [1.165, 1.54) is 24.3 Å². The van der Waals surface area contributed by atoms with Crippen LogP contribution in [0.3, 0.4) is 0 Å². The Morgan fingerprint density at radius 2 is 0.750 bits per heavy atom. The van der Waals surface area contributed by atoms with Crippen molar-refractivity contribution in [2.45, 2.75) is 65.5 Å². The van der Waals surface area contributed by atoms with Crippen LogP contribution in [0.15, 0.2) is 170 Å². The van der Waals surface area contributed by atoms with E-state index in [-0.39, 0.29) is 35.3 Å². The highest BCUT2D eigenvalue weighted by Gasteiger charge is 2.32. The highest BCUT2D eigenvalue weighted by molar-refractivity contribution is 6.13. The van der Waals surface area contributed by atoms with Crippen LogP contribution in [-0.2, 0) is 13.1 Å². The van der Waals surface area contributed by atoms with Crippen molar-refractivity contribution in [3.8, 4) is 44.8 Å². The monoisotopic (exact) mass is 850 g/mol. The number of benzene rings is 6. The summed E-state index contributed by atoms with van der Waals surface area (Å²) in [7, 11) is 0. The molecule has 322 valence electrons. The first kappa shape index (κ1) is 43.3. The van der Waals surface area contributed by atoms with Gasteiger partial charge in [-0.25, -0.2) is 8.78 Å². The third kappa shape index (κ3) is 9.09. The first-order valence-corrected chi connectivity index (χ1v) is 22.0. The van der Waals surface area contributed by atoms with E-state index in [2.05, 4.69) is 47.5 Å². The molecule has 8 heteroatoms. The van der Waals surface area contributed by atoms with Crippen molar-refractivity contribution in [2.24, 2.45) is 0 Å². The molecule has 0 atom stereocenters. The molecule has 0 fully saturated rings. The van der Waals surface area contributed by atoms with E-state index in [0.717, 1.165) is 56.2 Å². The quantitative estimate of drug-likeness (QED) is 0.101. The Morgan fingerprint density at radius 3 is 1.06 bits per heavy atom. The van der Waals surface area contributed by atoms with E-state index in [9.17, 15) is 18.4 Å². The van der Waals surface area contributed by atoms with Crippen molar-refractivity contribution in [3.05, 3.63) is 204 Å². The van der Waals surface area contributed by atoms with E-state index in [1.807, 2.05) is 121 Å². The lowest BCUT2D eigenvalue weighted by Gasteiger charge is -2.19. The zero-order valence-electron chi connectivity index (χ0n) is 36.6. The second-order valence-corrected chi connectivity index (χ2v) is 16.7. The van der Waals surface area contributed by atoms with Gasteiger partial charge < -0.3 is 19.8 Å². The third-order valence-electron chi connectivity index (χ3n) is 11.6. The van der Waals surface area contributed by atoms with E-state index in [0.29, 0.717) is 48.4 Å². The van der Waals surface area contributed by atoms with Crippen LogP contribution in [0.1, 0.15) is 84.5 Å². The molecule has 0 aliphatic carbocycles. The van der Waals surface area contributed by atoms with Crippen LogP contribution in [0.5, 0.6) is 0 Å². The van der Waals surface area contributed by atoms with Gasteiger partial charge in [-0.05, 0) is 120 Å². The van der Waals surface area contributed by atoms with Crippen molar-refractivity contribution >= 4 is 23.2 Å². The molecule has 0 aliphatic heterocycles. The zero-order valence-corrected chi connectivity index (χ0v) is 36.6. The minimum Gasteiger partial charge on any atom is -0.343 e. The Kier molecular flexibility index (Phi) is 13.1. The van der Waals surface area contributed by atoms with Crippen LogP contribution in [0.4, 0.5) is 20.2 Å². The average Bonchev–Trinajstić information content (AvgIpc) is 3.84. The third-order valence-corrected chi connectivity index (χ3v) is 11.6. The van der Waals surface area contributed by atoms with Crippen LogP contribution in [0.2, 0.25) is 0 Å². The molecule has 8 rings (SSSR count). The molecule has 0 unspecified atom stereocenters. The number of nitrogens with zero attached hydrogens (tertiary/aromatic N) is 2. The van der Waals surface area contributed by atoms with Gasteiger partial charge in [0.1, 0.15) is 11.6 Å². The summed E-state index contributed by atoms with van der Waals surface area (Å²) in [6.45, 7) is 9.51. The van der Waals surface area contributed by atoms with Gasteiger partial charge in [0.15, 0.2) is 0 Å². The first-order valence-electron chi connectivity index (χ1n) is 22.0. The zero-order chi connectivity index (χ0) is 44.7. The molecule has 0 saturated heterocycles. The molecular weight excluding hydrogens is 799 g/mol. The summed E-state index contributed by atoms with van der Waals surface area (Å²) in [4.78, 5) is 29.3. The maximum absolute atomic E-state index is 14.7. The van der Waals surface area contributed by atoms with Crippen molar-refractivity contribution < 1.29 is 18.4 Å². The number of anilines is 2. The summed E-state index contributed by atoms with van der Waals surface area (Å²) in [5.74, 6) is -1.24. The summed E-state index contributed by atoms with van der Waals surface area (Å²) in [6.07, 6.45) is 1.39. The lowest BCUT2D eigenvalue weighted by Crippen LogP contribution is -2.17. The van der Waals surface area contributed by atoms with Crippen LogP contribution in [-0.4, -0.2) is 20.9 Å². The molecule has 6 aromatic carbocycles. The summed E-state index contributed by atoms with van der Waals surface area (Å²) in [5, 5.41) is 6.34. The largest absolute Gasteiger partial charge is 0.343 e. The lowest BCUT2D eigenvalue weighted by atomic mass is 9.94. The average molecular weight is 851 g/mol. The van der Waals surface area contributed by atoms with Gasteiger partial charge in [0.2, 0.25) is 0 Å². The second-order valence-electron chi connectivity index (χ2n) is 16.7. The Hall–Kier alpha value is -7.32. The maximum Gasteiger partial charge on any atom is 0.258 e. The van der Waals surface area contributed by atoms with Gasteiger partial charge in [-0.15, -0.1) is 0 Å². The first-order chi connectivity index (χ1) is 31.1. The minimum atomic E-state index is -0.342. The molecule has 6 nitrogen and oxygen atoms in total. The molecule has 2 heterocycles. The van der Waals surface area contributed by atoms with Crippen LogP contribution in [0, 0.1) is 11.6 Å². The number of hydrogen-bond acceptors (Lipinski definition) is 2. The van der Waals surface area contributed by atoms with E-state index < -0.39 is 0 Å². The molecule has 0 aliphatic rings. The molecule has 0 spiro atoms. The van der Waals surface area contributed by atoms with Gasteiger partial charge in [0.05, 0.1) is 22.5 Å². The smallest absolute Gasteiger partial charge is 0.258 e. The fourth-order valence-corrected chi connectivity index (χ4v) is 8.96. The molecule has 8 aromatic rings. The number of hydrogen-bond donors (Lipinski definition) is 2. The summed E-state index contributed by atoms with van der Waals surface area (Å²) in [6, 6.07) is 51.7. The molecule has 0 saturated carbocycles. The van der Waals surface area contributed by atoms with Gasteiger partial charge in [-0.2, -0.15) is 0 Å². The number of amides is 2. The highest BCUT2D eigenvalue weighted by atomic mass is 19.1. The molecule has 2 aromatic heterocycles. The number of nitrogens with one attached hydrogen (secondary N) is 2. The Bertz CT molecular complexity index is 2650. The number of rotatable bonds is 15. The number of halogens is 2. The van der Waals surface area contributed by atoms with Crippen molar-refractivity contribution in [3.63, 3.8) is 0 Å². The molecule has 0 radical (unpaired) electrons. The van der Waals surface area contributed by atoms with Crippen molar-refractivity contribution in [1.29, 1.82) is 0 Å². The molecule has 0 bridgehead atoms. The predicted molar refractivity (Wildman–Crippen MR) is 257 cm³/mol. The van der Waals surface area contributed by atoms with E-state index in [1.54, 1.807) is 24.3 Å². The Balaban J connectivity index is 1.25. The van der Waals surface area contributed by atoms with E-state index in [4.69, 9.17) is 0 Å². The van der Waals surface area contributed by atoms with Crippen molar-refractivity contribution in [1.82, 2.24) is 9.13 Å². The molecule has 2 amide bonds. The number of carbonyl (C=O) groups is 2. The predicted octanol–water partition coefficient (Wildman–Crippen LogP) is 14.5. The molecular formula is C56H52F2N4O2. The van der Waals surface area contributed by atoms with Gasteiger partial charge >= 0.3 is 0 Å². The van der Waals surface area contributed by atoms with Crippen molar-refractivity contribution in [2.75, 3.05) is 10.6 Å². The number of unbranched alkanes of at least 4 members (excludes halogenated alkanes) is 1. The Morgan fingerprint density at radius 1 is 0.438 bits per heavy atom. The van der Waals surface area contributed by atoms with Crippen LogP contribution < -0.4 is 10.6 Å². The van der Waals surface area contributed by atoms with Gasteiger partial charge in [0.25, 0.3) is 11.8 Å². The fourth-order valence-electron chi connectivity index (χ4n) is 8.96. The summed E-state index contributed by atoms with van der Waals surface area (Å²) >= 11 is 0. The van der Waals surface area contributed by atoms with Crippen LogP contribution in [0.25, 0.3) is 44.8 Å². The number of carbonyl (C=O) groups excluding carboxylic acids is 2. The molecule has 2 N–H and O–H groups in total. The molecule has 64 heavy (non-hydrogen) atoms. The topological polar surface area (TPSA) is 68.1 Å². The normalized spacial score (nSPS) is 11.3. The standard InChI is InChI=1S/C56H52F2N4O2/c1-37(2)51-49(55(63)59-45-23-13-7-14-24-45)47(39-19-9-5-10-20-39)53(41-27-31-43(57)32-28-41)61(51)35-17-18-36-62-52(38(3)4)50(56(64)60-46-25-15-8-16-26-46)48(40-21-11-6-12-22-40)54(62)42-29-33-44(58)34-30-42/h5-16,19-34,37-38H,17-18,35-36H2,1-4H3,(H,59,63)(H,60,64). The van der Waals surface area contributed by atoms with Gasteiger partial charge in [0, 0.05) is 47.0 Å². The summed E-state index contributed by atoms with van der Waals surface area (Å²) < 4.78 is 33.6. The SMILES string of the molecule is CC(C)c1c(C(=O)Nc2ccccc2)c(-c2ccccc2)c(-c2ccc(F)cc2)n1CCCCn1c(-c2ccc(F)cc2)c(-c2ccccc2)c(C(=O)Nc2ccccc2)c1C(C)C. The number of para-hydroxylation sites is 2. The highest BCUT2D eigenvalue weighted by Crippen LogP contribution is 2.45. The van der Waals surface area contributed by atoms with E-state index >= 15 is 0 Å². The summed E-state index contributed by atoms with van der Waals surface area (Å²) in [5.41, 5.74) is 10.9. The fraction of sp³-hybridized carbons (Fsp3) is 0.179. The van der Waals surface area contributed by atoms with Gasteiger partial charge in [-0.1, -0.05) is 125 Å². The lowest BCUT2D eigenvalue weighted by molar-refractivity contribution is 0.101. The van der Waals surface area contributed by atoms with Crippen LogP contribution >= 0.6 is 0 Å². The van der Waals surface area contributed by atoms with Gasteiger partial charge in [-0.3, -0.25) is 9.59 Å². The second kappa shape index (κ2) is 19.4.